The summed E-state index contributed by atoms with van der Waals surface area (Å²) in [5.41, 5.74) is 2.32. The Morgan fingerprint density at radius 3 is 2.62 bits per heavy atom. The molecular formula is C20H18Cl2N2O5. The van der Waals surface area contributed by atoms with Gasteiger partial charge in [0.05, 0.1) is 13.7 Å². The Kier molecular flexibility index (Phi) is 6.51. The predicted molar refractivity (Wildman–Crippen MR) is 109 cm³/mol. The lowest BCUT2D eigenvalue weighted by atomic mass is 10.1. The summed E-state index contributed by atoms with van der Waals surface area (Å²) in [6, 6.07) is 12.2. The number of ether oxygens (including phenoxy) is 3. The number of carboxylic acid groups (broad SMARTS) is 1. The van der Waals surface area contributed by atoms with E-state index in [9.17, 15) is 4.79 Å². The molecule has 0 amide bonds. The van der Waals surface area contributed by atoms with Gasteiger partial charge >= 0.3 is 6.16 Å². The molecule has 2 aromatic carbocycles. The van der Waals surface area contributed by atoms with Crippen molar-refractivity contribution in [2.45, 2.75) is 20.1 Å². The average molecular weight is 437 g/mol. The number of rotatable bonds is 7. The van der Waals surface area contributed by atoms with Gasteiger partial charge in [0.2, 0.25) is 5.88 Å². The van der Waals surface area contributed by atoms with Crippen LogP contribution in [-0.2, 0) is 13.2 Å². The van der Waals surface area contributed by atoms with Gasteiger partial charge in [0.25, 0.3) is 0 Å². The summed E-state index contributed by atoms with van der Waals surface area (Å²) in [4.78, 5) is 10.7. The Morgan fingerprint density at radius 1 is 1.14 bits per heavy atom. The van der Waals surface area contributed by atoms with Crippen molar-refractivity contribution in [3.63, 3.8) is 0 Å². The van der Waals surface area contributed by atoms with Gasteiger partial charge in [-0.1, -0.05) is 29.3 Å². The minimum atomic E-state index is -1.42. The lowest BCUT2D eigenvalue weighted by Crippen LogP contribution is -2.08. The summed E-state index contributed by atoms with van der Waals surface area (Å²) >= 11 is 12.2. The van der Waals surface area contributed by atoms with Crippen LogP contribution in [0.15, 0.2) is 42.5 Å². The Morgan fingerprint density at radius 2 is 1.93 bits per heavy atom. The maximum absolute atomic E-state index is 10.7. The molecule has 0 fully saturated rings. The SMILES string of the molecule is COc1ccc(OCc2ccc(Cl)cc2Cl)c(Cn2nc(OC(=O)O)cc2C)c1. The van der Waals surface area contributed by atoms with Crippen molar-refractivity contribution in [2.24, 2.45) is 0 Å². The van der Waals surface area contributed by atoms with Crippen molar-refractivity contribution in [2.75, 3.05) is 7.11 Å². The zero-order valence-corrected chi connectivity index (χ0v) is 17.2. The molecule has 0 spiro atoms. The second-order valence-electron chi connectivity index (χ2n) is 6.15. The van der Waals surface area contributed by atoms with Crippen molar-refractivity contribution >= 4 is 29.4 Å². The van der Waals surface area contributed by atoms with E-state index in [1.807, 2.05) is 6.07 Å². The van der Waals surface area contributed by atoms with Crippen molar-refractivity contribution in [3.05, 3.63) is 69.3 Å². The number of nitrogens with zero attached hydrogens (tertiary/aromatic N) is 2. The molecule has 0 unspecified atom stereocenters. The van der Waals surface area contributed by atoms with E-state index in [1.54, 1.807) is 55.1 Å². The third-order valence-corrected chi connectivity index (χ3v) is 4.72. The highest BCUT2D eigenvalue weighted by molar-refractivity contribution is 6.35. The van der Waals surface area contributed by atoms with Crippen molar-refractivity contribution in [1.82, 2.24) is 9.78 Å². The Bertz CT molecular complexity index is 1040. The third kappa shape index (κ3) is 5.34. The molecule has 1 aromatic heterocycles. The molecule has 0 aliphatic carbocycles. The maximum atomic E-state index is 10.7. The van der Waals surface area contributed by atoms with E-state index >= 15 is 0 Å². The van der Waals surface area contributed by atoms with Gasteiger partial charge < -0.3 is 19.3 Å². The Balaban J connectivity index is 1.84. The summed E-state index contributed by atoms with van der Waals surface area (Å²) in [7, 11) is 1.57. The molecule has 0 aliphatic heterocycles. The number of hydrogen-bond acceptors (Lipinski definition) is 5. The van der Waals surface area contributed by atoms with Gasteiger partial charge in [0.15, 0.2) is 0 Å². The van der Waals surface area contributed by atoms with E-state index in [-0.39, 0.29) is 12.5 Å². The van der Waals surface area contributed by atoms with E-state index < -0.39 is 6.16 Å². The number of aromatic nitrogens is 2. The topological polar surface area (TPSA) is 82.8 Å². The van der Waals surface area contributed by atoms with E-state index in [4.69, 9.17) is 37.8 Å². The van der Waals surface area contributed by atoms with Gasteiger partial charge in [0, 0.05) is 32.9 Å². The maximum Gasteiger partial charge on any atom is 0.512 e. The zero-order chi connectivity index (χ0) is 21.0. The van der Waals surface area contributed by atoms with E-state index in [0.717, 1.165) is 16.8 Å². The number of aryl methyl sites for hydroxylation is 1. The highest BCUT2D eigenvalue weighted by atomic mass is 35.5. The summed E-state index contributed by atoms with van der Waals surface area (Å²) in [6.45, 7) is 2.38. The normalized spacial score (nSPS) is 10.6. The van der Waals surface area contributed by atoms with Crippen LogP contribution in [0.5, 0.6) is 17.4 Å². The van der Waals surface area contributed by atoms with Crippen molar-refractivity contribution in [3.8, 4) is 17.4 Å². The first-order valence-corrected chi connectivity index (χ1v) is 9.30. The van der Waals surface area contributed by atoms with Crippen LogP contribution < -0.4 is 14.2 Å². The fourth-order valence-corrected chi connectivity index (χ4v) is 3.15. The van der Waals surface area contributed by atoms with Crippen LogP contribution in [-0.4, -0.2) is 28.2 Å². The fourth-order valence-electron chi connectivity index (χ4n) is 2.68. The molecule has 0 saturated heterocycles. The first-order chi connectivity index (χ1) is 13.9. The molecular weight excluding hydrogens is 419 g/mol. The van der Waals surface area contributed by atoms with Gasteiger partial charge in [-0.3, -0.25) is 4.68 Å². The molecule has 0 bridgehead atoms. The van der Waals surface area contributed by atoms with Gasteiger partial charge in [-0.25, -0.2) is 4.79 Å². The number of methoxy groups -OCH3 is 1. The van der Waals surface area contributed by atoms with Crippen molar-refractivity contribution < 1.29 is 24.1 Å². The summed E-state index contributed by atoms with van der Waals surface area (Å²) in [6.07, 6.45) is -1.42. The molecule has 3 aromatic rings. The molecule has 152 valence electrons. The van der Waals surface area contributed by atoms with E-state index in [1.165, 1.54) is 0 Å². The van der Waals surface area contributed by atoms with Crippen LogP contribution >= 0.6 is 23.2 Å². The minimum absolute atomic E-state index is 0.00769. The molecule has 0 aliphatic rings. The third-order valence-electron chi connectivity index (χ3n) is 4.14. The highest BCUT2D eigenvalue weighted by Gasteiger charge is 2.13. The standard InChI is InChI=1S/C20H18Cl2N2O5/c1-12-7-19(29-20(25)26)23-24(12)10-14-8-16(27-2)5-6-18(14)28-11-13-3-4-15(21)9-17(13)22/h3-9H,10-11H2,1-2H3,(H,25,26). The van der Waals surface area contributed by atoms with E-state index in [0.29, 0.717) is 28.1 Å². The predicted octanol–water partition coefficient (Wildman–Crippen LogP) is 5.19. The molecule has 0 saturated carbocycles. The lowest BCUT2D eigenvalue weighted by molar-refractivity contribution is 0.142. The summed E-state index contributed by atoms with van der Waals surface area (Å²) < 4.78 is 17.5. The molecule has 0 atom stereocenters. The second-order valence-corrected chi connectivity index (χ2v) is 6.99. The molecule has 29 heavy (non-hydrogen) atoms. The van der Waals surface area contributed by atoms with Crippen LogP contribution in [0.25, 0.3) is 0 Å². The quantitative estimate of drug-likeness (QED) is 0.513. The zero-order valence-electron chi connectivity index (χ0n) is 15.7. The van der Waals surface area contributed by atoms with Gasteiger partial charge in [-0.15, -0.1) is 5.10 Å². The minimum Gasteiger partial charge on any atom is -0.497 e. The van der Waals surface area contributed by atoms with Gasteiger partial charge in [-0.05, 0) is 37.3 Å². The first-order valence-electron chi connectivity index (χ1n) is 8.54. The number of benzene rings is 2. The first kappa shape index (κ1) is 20.8. The molecule has 9 heteroatoms. The molecule has 1 N–H and O–H groups in total. The lowest BCUT2D eigenvalue weighted by Gasteiger charge is -2.14. The average Bonchev–Trinajstić information content (AvgIpc) is 2.99. The molecule has 7 nitrogen and oxygen atoms in total. The summed E-state index contributed by atoms with van der Waals surface area (Å²) in [5.74, 6) is 1.28. The van der Waals surface area contributed by atoms with Crippen LogP contribution in [0.4, 0.5) is 4.79 Å². The second kappa shape index (κ2) is 9.07. The van der Waals surface area contributed by atoms with Crippen LogP contribution in [0.1, 0.15) is 16.8 Å². The number of carbonyl (C=O) groups is 1. The number of hydrogen-bond donors (Lipinski definition) is 1. The highest BCUT2D eigenvalue weighted by Crippen LogP contribution is 2.28. The molecule has 3 rings (SSSR count). The molecule has 1 heterocycles. The van der Waals surface area contributed by atoms with Gasteiger partial charge in [0.1, 0.15) is 18.1 Å². The van der Waals surface area contributed by atoms with E-state index in [2.05, 4.69) is 9.84 Å². The number of halogens is 2. The largest absolute Gasteiger partial charge is 0.512 e. The van der Waals surface area contributed by atoms with Crippen LogP contribution in [0.3, 0.4) is 0 Å². The van der Waals surface area contributed by atoms with Gasteiger partial charge in [-0.2, -0.15) is 0 Å². The van der Waals surface area contributed by atoms with Crippen molar-refractivity contribution in [1.29, 1.82) is 0 Å². The smallest absolute Gasteiger partial charge is 0.497 e. The Labute approximate surface area is 177 Å². The van der Waals surface area contributed by atoms with Crippen LogP contribution in [0.2, 0.25) is 10.0 Å². The monoisotopic (exact) mass is 436 g/mol. The molecule has 0 radical (unpaired) electrons. The fraction of sp³-hybridized carbons (Fsp3) is 0.200. The van der Waals surface area contributed by atoms with Crippen LogP contribution in [0, 0.1) is 6.92 Å². The summed E-state index contributed by atoms with van der Waals surface area (Å²) in [5, 5.41) is 14.0. The Hall–Kier alpha value is -2.90.